The van der Waals surface area contributed by atoms with Crippen molar-refractivity contribution in [2.75, 3.05) is 0 Å². The van der Waals surface area contributed by atoms with Crippen LogP contribution in [0.25, 0.3) is 0 Å². The van der Waals surface area contributed by atoms with E-state index in [0.29, 0.717) is 6.61 Å². The van der Waals surface area contributed by atoms with E-state index in [2.05, 4.69) is 28.0 Å². The second kappa shape index (κ2) is 6.41. The molecule has 0 aliphatic heterocycles. The number of para-hydroxylation sites is 1. The topological polar surface area (TPSA) is 53.1 Å². The van der Waals surface area contributed by atoms with Crippen molar-refractivity contribution in [2.45, 2.75) is 40.0 Å². The van der Waals surface area contributed by atoms with Gasteiger partial charge in [0.1, 0.15) is 12.4 Å². The van der Waals surface area contributed by atoms with Crippen molar-refractivity contribution in [3.63, 3.8) is 0 Å². The van der Waals surface area contributed by atoms with Crippen molar-refractivity contribution in [3.05, 3.63) is 45.7 Å². The third-order valence-electron chi connectivity index (χ3n) is 3.23. The summed E-state index contributed by atoms with van der Waals surface area (Å²) in [6.45, 7) is 7.30. The molecule has 0 spiro atoms. The zero-order valence-corrected chi connectivity index (χ0v) is 13.6. The molecule has 0 saturated heterocycles. The fourth-order valence-electron chi connectivity index (χ4n) is 2.14. The van der Waals surface area contributed by atoms with Crippen LogP contribution >= 0.6 is 15.9 Å². The summed E-state index contributed by atoms with van der Waals surface area (Å²) < 4.78 is 8.91. The molecule has 1 aromatic carbocycles. The number of nitrogens with zero attached hydrogens (tertiary/aromatic N) is 2. The van der Waals surface area contributed by atoms with Crippen LogP contribution in [-0.4, -0.2) is 9.78 Å². The maximum atomic E-state index is 5.97. The Labute approximate surface area is 128 Å². The molecule has 0 bridgehead atoms. The first kappa shape index (κ1) is 15.1. The number of nitrogens with two attached hydrogens (primary N) is 1. The first-order chi connectivity index (χ1) is 9.54. The van der Waals surface area contributed by atoms with Crippen LogP contribution in [0, 0.1) is 6.92 Å². The van der Waals surface area contributed by atoms with Crippen LogP contribution in [0.1, 0.15) is 36.8 Å². The lowest BCUT2D eigenvalue weighted by Crippen LogP contribution is -2.10. The molecule has 1 atom stereocenters. The SMILES string of the molecule is CCn1nc(C)c(Br)c1COc1ccccc1C(C)N. The predicted octanol–water partition coefficient (Wildman–Crippen LogP) is 3.57. The third kappa shape index (κ3) is 3.04. The summed E-state index contributed by atoms with van der Waals surface area (Å²) in [7, 11) is 0. The van der Waals surface area contributed by atoms with Crippen molar-refractivity contribution in [3.8, 4) is 5.75 Å². The van der Waals surface area contributed by atoms with Crippen LogP contribution < -0.4 is 10.5 Å². The van der Waals surface area contributed by atoms with Gasteiger partial charge < -0.3 is 10.5 Å². The number of aromatic nitrogens is 2. The molecule has 5 heteroatoms. The third-order valence-corrected chi connectivity index (χ3v) is 4.26. The highest BCUT2D eigenvalue weighted by Gasteiger charge is 2.14. The van der Waals surface area contributed by atoms with E-state index in [4.69, 9.17) is 10.5 Å². The van der Waals surface area contributed by atoms with Gasteiger partial charge in [0, 0.05) is 18.2 Å². The molecule has 1 heterocycles. The molecule has 108 valence electrons. The highest BCUT2D eigenvalue weighted by atomic mass is 79.9. The van der Waals surface area contributed by atoms with E-state index in [1.807, 2.05) is 42.8 Å². The summed E-state index contributed by atoms with van der Waals surface area (Å²) in [5.74, 6) is 0.830. The summed E-state index contributed by atoms with van der Waals surface area (Å²) >= 11 is 3.57. The van der Waals surface area contributed by atoms with Crippen LogP contribution in [0.4, 0.5) is 0 Å². The molecule has 2 N–H and O–H groups in total. The van der Waals surface area contributed by atoms with Gasteiger partial charge >= 0.3 is 0 Å². The fourth-order valence-corrected chi connectivity index (χ4v) is 2.54. The lowest BCUT2D eigenvalue weighted by molar-refractivity contribution is 0.287. The lowest BCUT2D eigenvalue weighted by Gasteiger charge is -2.14. The Hall–Kier alpha value is -1.33. The standard InChI is InChI=1S/C15H20BrN3O/c1-4-19-13(15(16)11(3)18-19)9-20-14-8-6-5-7-12(14)10(2)17/h5-8,10H,4,9,17H2,1-3H3. The van der Waals surface area contributed by atoms with E-state index in [1.165, 1.54) is 0 Å². The van der Waals surface area contributed by atoms with E-state index in [-0.39, 0.29) is 6.04 Å². The van der Waals surface area contributed by atoms with Gasteiger partial charge in [0.2, 0.25) is 0 Å². The van der Waals surface area contributed by atoms with Gasteiger partial charge in [-0.15, -0.1) is 0 Å². The molecule has 2 rings (SSSR count). The molecular weight excluding hydrogens is 318 g/mol. The predicted molar refractivity (Wildman–Crippen MR) is 83.7 cm³/mol. The Bertz CT molecular complexity index is 593. The van der Waals surface area contributed by atoms with Gasteiger partial charge in [-0.1, -0.05) is 18.2 Å². The second-order valence-electron chi connectivity index (χ2n) is 4.78. The molecule has 4 nitrogen and oxygen atoms in total. The Morgan fingerprint density at radius 2 is 2.10 bits per heavy atom. The number of ether oxygens (including phenoxy) is 1. The van der Waals surface area contributed by atoms with E-state index in [1.54, 1.807) is 0 Å². The van der Waals surface area contributed by atoms with Crippen molar-refractivity contribution < 1.29 is 4.74 Å². The van der Waals surface area contributed by atoms with Gasteiger partial charge in [-0.05, 0) is 42.8 Å². The van der Waals surface area contributed by atoms with Gasteiger partial charge in [-0.3, -0.25) is 4.68 Å². The van der Waals surface area contributed by atoms with Crippen LogP contribution in [0.3, 0.4) is 0 Å². The molecule has 0 radical (unpaired) electrons. The summed E-state index contributed by atoms with van der Waals surface area (Å²) in [5, 5.41) is 4.46. The molecule has 20 heavy (non-hydrogen) atoms. The van der Waals surface area contributed by atoms with Crippen molar-refractivity contribution in [1.82, 2.24) is 9.78 Å². The number of rotatable bonds is 5. The van der Waals surface area contributed by atoms with E-state index in [9.17, 15) is 0 Å². The van der Waals surface area contributed by atoms with E-state index < -0.39 is 0 Å². The zero-order valence-electron chi connectivity index (χ0n) is 12.1. The van der Waals surface area contributed by atoms with Gasteiger partial charge in [0.15, 0.2) is 0 Å². The van der Waals surface area contributed by atoms with Gasteiger partial charge in [-0.2, -0.15) is 5.10 Å². The normalized spacial score (nSPS) is 12.4. The molecule has 2 aromatic rings. The molecule has 0 saturated carbocycles. The fraction of sp³-hybridized carbons (Fsp3) is 0.400. The number of halogens is 1. The Balaban J connectivity index is 2.21. The summed E-state index contributed by atoms with van der Waals surface area (Å²) in [6.07, 6.45) is 0. The maximum Gasteiger partial charge on any atom is 0.131 e. The molecule has 1 aromatic heterocycles. The van der Waals surface area contributed by atoms with Gasteiger partial charge in [-0.25, -0.2) is 0 Å². The first-order valence-electron chi connectivity index (χ1n) is 6.73. The highest BCUT2D eigenvalue weighted by Crippen LogP contribution is 2.26. The zero-order chi connectivity index (χ0) is 14.7. The second-order valence-corrected chi connectivity index (χ2v) is 5.57. The number of hydrogen-bond acceptors (Lipinski definition) is 3. The molecule has 1 unspecified atom stereocenters. The molecular formula is C15H20BrN3O. The summed E-state index contributed by atoms with van der Waals surface area (Å²) in [4.78, 5) is 0. The largest absolute Gasteiger partial charge is 0.487 e. The van der Waals surface area contributed by atoms with Crippen LogP contribution in [0.5, 0.6) is 5.75 Å². The van der Waals surface area contributed by atoms with Crippen molar-refractivity contribution in [2.24, 2.45) is 5.73 Å². The molecule has 0 fully saturated rings. The van der Waals surface area contributed by atoms with Crippen molar-refractivity contribution in [1.29, 1.82) is 0 Å². The minimum atomic E-state index is -0.0486. The Morgan fingerprint density at radius 1 is 1.40 bits per heavy atom. The smallest absolute Gasteiger partial charge is 0.131 e. The van der Waals surface area contributed by atoms with Crippen LogP contribution in [0.2, 0.25) is 0 Å². The molecule has 0 aliphatic carbocycles. The molecule has 0 amide bonds. The highest BCUT2D eigenvalue weighted by molar-refractivity contribution is 9.10. The average molecular weight is 338 g/mol. The average Bonchev–Trinajstić information content (AvgIpc) is 2.72. The Kier molecular flexibility index (Phi) is 4.83. The van der Waals surface area contributed by atoms with Crippen LogP contribution in [-0.2, 0) is 13.2 Å². The minimum Gasteiger partial charge on any atom is -0.487 e. The monoisotopic (exact) mass is 337 g/mol. The van der Waals surface area contributed by atoms with Gasteiger partial charge in [0.25, 0.3) is 0 Å². The maximum absolute atomic E-state index is 5.97. The quantitative estimate of drug-likeness (QED) is 0.907. The summed E-state index contributed by atoms with van der Waals surface area (Å²) in [5.41, 5.74) is 9.01. The first-order valence-corrected chi connectivity index (χ1v) is 7.53. The number of hydrogen-bond donors (Lipinski definition) is 1. The van der Waals surface area contributed by atoms with Crippen LogP contribution in [0.15, 0.2) is 28.7 Å². The minimum absolute atomic E-state index is 0.0486. The van der Waals surface area contributed by atoms with E-state index in [0.717, 1.165) is 33.7 Å². The number of benzene rings is 1. The van der Waals surface area contributed by atoms with Gasteiger partial charge in [0.05, 0.1) is 15.9 Å². The molecule has 0 aliphatic rings. The Morgan fingerprint density at radius 3 is 2.75 bits per heavy atom. The van der Waals surface area contributed by atoms with Crippen molar-refractivity contribution >= 4 is 15.9 Å². The lowest BCUT2D eigenvalue weighted by atomic mass is 10.1. The van der Waals surface area contributed by atoms with E-state index >= 15 is 0 Å². The number of aryl methyl sites for hydroxylation is 2. The summed E-state index contributed by atoms with van der Waals surface area (Å²) in [6, 6.07) is 7.83.